The van der Waals surface area contributed by atoms with Crippen LogP contribution in [0.5, 0.6) is 0 Å². The van der Waals surface area contributed by atoms with Crippen LogP contribution in [0.3, 0.4) is 0 Å². The minimum Gasteiger partial charge on any atom is -0.478 e. The molecule has 0 spiro atoms. The van der Waals surface area contributed by atoms with E-state index in [0.717, 1.165) is 12.8 Å². The van der Waals surface area contributed by atoms with Gasteiger partial charge in [0.1, 0.15) is 0 Å². The van der Waals surface area contributed by atoms with Gasteiger partial charge in [0.05, 0.1) is 22.2 Å². The lowest BCUT2D eigenvalue weighted by Gasteiger charge is -2.23. The van der Waals surface area contributed by atoms with Crippen molar-refractivity contribution in [3.8, 4) is 0 Å². The summed E-state index contributed by atoms with van der Waals surface area (Å²) in [6.07, 6.45) is 2.19. The highest BCUT2D eigenvalue weighted by atomic mass is 32.1. The molecule has 128 valence electrons. The van der Waals surface area contributed by atoms with E-state index >= 15 is 0 Å². The fourth-order valence-corrected chi connectivity index (χ4v) is 2.88. The van der Waals surface area contributed by atoms with Crippen LogP contribution >= 0.6 is 12.2 Å². The maximum atomic E-state index is 14.5. The molecule has 3 rings (SSSR count). The highest BCUT2D eigenvalue weighted by Gasteiger charge is 2.24. The molecule has 7 nitrogen and oxygen atoms in total. The van der Waals surface area contributed by atoms with Gasteiger partial charge >= 0.3 is 5.97 Å². The average molecular weight is 352 g/mol. The van der Waals surface area contributed by atoms with Crippen molar-refractivity contribution in [1.29, 1.82) is 0 Å². The summed E-state index contributed by atoms with van der Waals surface area (Å²) in [4.78, 5) is 11.4. The Balaban J connectivity index is 2.17. The number of halogens is 1. The minimum atomic E-state index is -1.12. The van der Waals surface area contributed by atoms with Crippen molar-refractivity contribution in [3.63, 3.8) is 0 Å². The normalized spacial score (nSPS) is 17.7. The molecule has 9 heteroatoms. The van der Waals surface area contributed by atoms with Crippen LogP contribution in [-0.2, 0) is 4.74 Å². The van der Waals surface area contributed by atoms with E-state index < -0.39 is 18.1 Å². The summed E-state index contributed by atoms with van der Waals surface area (Å²) in [6, 6.07) is 2.74. The van der Waals surface area contributed by atoms with E-state index in [1.807, 2.05) is 0 Å². The summed E-state index contributed by atoms with van der Waals surface area (Å²) >= 11 is 5.04. The highest BCUT2D eigenvalue weighted by molar-refractivity contribution is 7.80. The molecule has 1 aromatic carbocycles. The van der Waals surface area contributed by atoms with Crippen LogP contribution < -0.4 is 10.6 Å². The van der Waals surface area contributed by atoms with E-state index in [-0.39, 0.29) is 21.7 Å². The monoisotopic (exact) mass is 352 g/mol. The van der Waals surface area contributed by atoms with Crippen LogP contribution in [0.1, 0.15) is 35.8 Å². The van der Waals surface area contributed by atoms with Crippen molar-refractivity contribution < 1.29 is 19.0 Å². The number of carbonyl (C=O) groups is 1. The van der Waals surface area contributed by atoms with Crippen molar-refractivity contribution in [2.24, 2.45) is 0 Å². The lowest BCUT2D eigenvalue weighted by molar-refractivity contribution is -0.0375. The second kappa shape index (κ2) is 6.70. The molecule has 0 saturated carbocycles. The van der Waals surface area contributed by atoms with Crippen LogP contribution in [0.2, 0.25) is 0 Å². The zero-order chi connectivity index (χ0) is 17.3. The van der Waals surface area contributed by atoms with Gasteiger partial charge in [-0.25, -0.2) is 9.48 Å². The second-order valence-corrected chi connectivity index (χ2v) is 5.89. The Bertz CT molecular complexity index is 802. The van der Waals surface area contributed by atoms with Gasteiger partial charge in [-0.2, -0.15) is 4.39 Å². The molecule has 1 unspecified atom stereocenters. The first-order valence-corrected chi connectivity index (χ1v) is 7.97. The standard InChI is InChI=1S/C15H17FN4O3S/c1-17-15(24)18-9-6-8(14(21)22)7-10-12(9)13(16)19-20(10)11-4-2-3-5-23-11/h6-7,11H,2-5H2,1H3,(H,21,22)(H2,17,18,24). The van der Waals surface area contributed by atoms with Gasteiger partial charge in [-0.1, -0.05) is 0 Å². The summed E-state index contributed by atoms with van der Waals surface area (Å²) in [5.74, 6) is -1.81. The summed E-state index contributed by atoms with van der Waals surface area (Å²) in [5, 5.41) is 19.2. The Morgan fingerprint density at radius 2 is 2.29 bits per heavy atom. The molecule has 24 heavy (non-hydrogen) atoms. The number of hydrogen-bond acceptors (Lipinski definition) is 4. The van der Waals surface area contributed by atoms with E-state index in [1.165, 1.54) is 16.8 Å². The molecule has 2 aromatic rings. The largest absolute Gasteiger partial charge is 0.478 e. The number of thiocarbonyl (C=S) groups is 1. The number of aromatic carboxylic acids is 1. The molecule has 1 aliphatic heterocycles. The third kappa shape index (κ3) is 3.04. The van der Waals surface area contributed by atoms with Crippen LogP contribution in [0.15, 0.2) is 12.1 Å². The zero-order valence-electron chi connectivity index (χ0n) is 13.0. The maximum absolute atomic E-state index is 14.5. The number of carboxylic acid groups (broad SMARTS) is 1. The van der Waals surface area contributed by atoms with Gasteiger partial charge < -0.3 is 20.5 Å². The van der Waals surface area contributed by atoms with Crippen LogP contribution in [0.25, 0.3) is 10.9 Å². The number of fused-ring (bicyclic) bond motifs is 1. The van der Waals surface area contributed by atoms with Gasteiger partial charge in [-0.05, 0) is 43.6 Å². The molecule has 1 atom stereocenters. The molecule has 0 bridgehead atoms. The first-order valence-electron chi connectivity index (χ1n) is 7.56. The van der Waals surface area contributed by atoms with Crippen molar-refractivity contribution in [2.45, 2.75) is 25.5 Å². The summed E-state index contributed by atoms with van der Waals surface area (Å²) in [6.45, 7) is 0.571. The van der Waals surface area contributed by atoms with E-state index in [4.69, 9.17) is 17.0 Å². The SMILES string of the molecule is CNC(=S)Nc1cc(C(=O)O)cc2c1c(F)nn2C1CCCCO1. The number of hydrogen-bond donors (Lipinski definition) is 3. The topological polar surface area (TPSA) is 88.4 Å². The Labute approximate surface area is 142 Å². The molecule has 0 radical (unpaired) electrons. The number of carboxylic acids is 1. The molecular formula is C15H17FN4O3S. The first-order chi connectivity index (χ1) is 11.5. The molecule has 1 aromatic heterocycles. The van der Waals surface area contributed by atoms with Crippen molar-refractivity contribution in [1.82, 2.24) is 15.1 Å². The van der Waals surface area contributed by atoms with E-state index in [0.29, 0.717) is 18.5 Å². The third-order valence-corrected chi connectivity index (χ3v) is 4.22. The zero-order valence-corrected chi connectivity index (χ0v) is 13.8. The molecule has 2 heterocycles. The Morgan fingerprint density at radius 3 is 2.92 bits per heavy atom. The Morgan fingerprint density at radius 1 is 1.50 bits per heavy atom. The van der Waals surface area contributed by atoms with Gasteiger partial charge in [0.2, 0.25) is 5.95 Å². The number of aromatic nitrogens is 2. The fourth-order valence-electron chi connectivity index (χ4n) is 2.77. The Hall–Kier alpha value is -2.26. The van der Waals surface area contributed by atoms with E-state index in [2.05, 4.69) is 15.7 Å². The quantitative estimate of drug-likeness (QED) is 0.731. The lowest BCUT2D eigenvalue weighted by Crippen LogP contribution is -2.24. The predicted octanol–water partition coefficient (Wildman–Crippen LogP) is 2.49. The van der Waals surface area contributed by atoms with Crippen LogP contribution in [-0.4, -0.2) is 39.6 Å². The fraction of sp³-hybridized carbons (Fsp3) is 0.400. The predicted molar refractivity (Wildman–Crippen MR) is 90.8 cm³/mol. The van der Waals surface area contributed by atoms with Gasteiger partial charge in [0, 0.05) is 13.7 Å². The van der Waals surface area contributed by atoms with Crippen LogP contribution in [0.4, 0.5) is 10.1 Å². The summed E-state index contributed by atoms with van der Waals surface area (Å²) < 4.78 is 21.5. The number of nitrogens with zero attached hydrogens (tertiary/aromatic N) is 2. The van der Waals surface area contributed by atoms with Crippen molar-refractivity contribution in [2.75, 3.05) is 19.0 Å². The van der Waals surface area contributed by atoms with Gasteiger partial charge in [0.25, 0.3) is 0 Å². The molecule has 0 aliphatic carbocycles. The number of rotatable bonds is 3. The third-order valence-electron chi connectivity index (χ3n) is 3.92. The molecule has 3 N–H and O–H groups in total. The van der Waals surface area contributed by atoms with Gasteiger partial charge in [0.15, 0.2) is 11.3 Å². The Kier molecular flexibility index (Phi) is 4.63. The van der Waals surface area contributed by atoms with Gasteiger partial charge in [-0.3, -0.25) is 0 Å². The van der Waals surface area contributed by atoms with E-state index in [1.54, 1.807) is 7.05 Å². The lowest BCUT2D eigenvalue weighted by atomic mass is 10.1. The molecule has 1 saturated heterocycles. The molecule has 1 aliphatic rings. The average Bonchev–Trinajstić information content (AvgIpc) is 2.92. The number of anilines is 1. The number of nitrogens with one attached hydrogen (secondary N) is 2. The highest BCUT2D eigenvalue weighted by Crippen LogP contribution is 2.32. The summed E-state index contributed by atoms with van der Waals surface area (Å²) in [5.41, 5.74) is 0.630. The number of benzene rings is 1. The van der Waals surface area contributed by atoms with E-state index in [9.17, 15) is 14.3 Å². The minimum absolute atomic E-state index is 0.0147. The van der Waals surface area contributed by atoms with Gasteiger partial charge in [-0.15, -0.1) is 5.10 Å². The van der Waals surface area contributed by atoms with Crippen LogP contribution in [0, 0.1) is 5.95 Å². The molecule has 1 fully saturated rings. The van der Waals surface area contributed by atoms with Crippen molar-refractivity contribution in [3.05, 3.63) is 23.6 Å². The number of ether oxygens (including phenoxy) is 1. The molecule has 0 amide bonds. The first kappa shape index (κ1) is 16.6. The smallest absolute Gasteiger partial charge is 0.335 e. The maximum Gasteiger partial charge on any atom is 0.335 e. The second-order valence-electron chi connectivity index (χ2n) is 5.48. The summed E-state index contributed by atoms with van der Waals surface area (Å²) in [7, 11) is 1.61. The van der Waals surface area contributed by atoms with Crippen molar-refractivity contribution >= 4 is 39.9 Å². The molecular weight excluding hydrogens is 335 g/mol.